The maximum atomic E-state index is 14.4. The van der Waals surface area contributed by atoms with Gasteiger partial charge in [0, 0.05) is 19.0 Å². The lowest BCUT2D eigenvalue weighted by Crippen LogP contribution is -2.54. The van der Waals surface area contributed by atoms with Gasteiger partial charge in [-0.2, -0.15) is 0 Å². The van der Waals surface area contributed by atoms with E-state index in [1.165, 1.54) is 29.2 Å². The predicted octanol–water partition coefficient (Wildman–Crippen LogP) is 6.49. The number of anilines is 1. The normalized spacial score (nSPS) is 12.0. The van der Waals surface area contributed by atoms with Crippen molar-refractivity contribution in [3.8, 4) is 0 Å². The van der Waals surface area contributed by atoms with Crippen molar-refractivity contribution in [2.75, 3.05) is 10.8 Å². The van der Waals surface area contributed by atoms with Crippen LogP contribution >= 0.6 is 23.2 Å². The van der Waals surface area contributed by atoms with E-state index in [4.69, 9.17) is 23.2 Å². The van der Waals surface area contributed by atoms with Crippen molar-refractivity contribution in [1.29, 1.82) is 0 Å². The first-order valence-corrected chi connectivity index (χ1v) is 16.1. The minimum absolute atomic E-state index is 0.0495. The number of carbonyl (C=O) groups is 2. The van der Waals surface area contributed by atoms with Crippen molar-refractivity contribution in [3.63, 3.8) is 0 Å². The molecule has 0 fully saturated rings. The first kappa shape index (κ1) is 33.0. The smallest absolute Gasteiger partial charge is 0.264 e. The van der Waals surface area contributed by atoms with E-state index in [0.29, 0.717) is 10.6 Å². The average Bonchev–Trinajstić information content (AvgIpc) is 3.00. The molecule has 0 aliphatic heterocycles. The topological polar surface area (TPSA) is 86.8 Å². The molecule has 1 N–H and O–H groups in total. The van der Waals surface area contributed by atoms with Gasteiger partial charge in [-0.1, -0.05) is 77.8 Å². The molecule has 44 heavy (non-hydrogen) atoms. The van der Waals surface area contributed by atoms with Crippen molar-refractivity contribution < 1.29 is 22.4 Å². The predicted molar refractivity (Wildman–Crippen MR) is 172 cm³/mol. The van der Waals surface area contributed by atoms with Crippen LogP contribution in [0.4, 0.5) is 10.1 Å². The number of hydrogen-bond donors (Lipinski definition) is 1. The van der Waals surface area contributed by atoms with Crippen LogP contribution in [0, 0.1) is 5.82 Å². The van der Waals surface area contributed by atoms with Crippen LogP contribution in [0.1, 0.15) is 25.0 Å². The Morgan fingerprint density at radius 1 is 0.818 bits per heavy atom. The first-order valence-electron chi connectivity index (χ1n) is 13.9. The summed E-state index contributed by atoms with van der Waals surface area (Å²) >= 11 is 12.4. The quantitative estimate of drug-likeness (QED) is 0.189. The molecule has 11 heteroatoms. The number of benzene rings is 4. The number of amides is 2. The van der Waals surface area contributed by atoms with Gasteiger partial charge >= 0.3 is 0 Å². The highest BCUT2D eigenvalue weighted by Crippen LogP contribution is 2.27. The Kier molecular flexibility index (Phi) is 11.0. The van der Waals surface area contributed by atoms with E-state index in [1.54, 1.807) is 36.4 Å². The van der Waals surface area contributed by atoms with Crippen molar-refractivity contribution in [3.05, 3.63) is 130 Å². The average molecular weight is 657 g/mol. The molecule has 4 aromatic rings. The van der Waals surface area contributed by atoms with Crippen LogP contribution in [0.15, 0.2) is 108 Å². The molecule has 0 bridgehead atoms. The first-order chi connectivity index (χ1) is 21.0. The van der Waals surface area contributed by atoms with Gasteiger partial charge in [0.1, 0.15) is 18.4 Å². The van der Waals surface area contributed by atoms with E-state index in [9.17, 15) is 22.4 Å². The van der Waals surface area contributed by atoms with Crippen LogP contribution in [0.25, 0.3) is 0 Å². The summed E-state index contributed by atoms with van der Waals surface area (Å²) in [5.41, 5.74) is 1.47. The maximum Gasteiger partial charge on any atom is 0.264 e. The lowest BCUT2D eigenvalue weighted by molar-refractivity contribution is -0.140. The van der Waals surface area contributed by atoms with Gasteiger partial charge < -0.3 is 10.2 Å². The molecule has 0 saturated carbocycles. The largest absolute Gasteiger partial charge is 0.352 e. The molecule has 7 nitrogen and oxygen atoms in total. The Morgan fingerprint density at radius 3 is 2.02 bits per heavy atom. The molecule has 230 valence electrons. The zero-order valence-corrected chi connectivity index (χ0v) is 26.5. The summed E-state index contributed by atoms with van der Waals surface area (Å²) in [6.45, 7) is 2.89. The molecule has 0 aliphatic rings. The van der Waals surface area contributed by atoms with Gasteiger partial charge in [0.2, 0.25) is 11.8 Å². The molecular formula is C33H32Cl2FN3O4S. The molecular weight excluding hydrogens is 624 g/mol. The van der Waals surface area contributed by atoms with Gasteiger partial charge in [0.15, 0.2) is 0 Å². The second kappa shape index (κ2) is 14.7. The fourth-order valence-electron chi connectivity index (χ4n) is 4.63. The van der Waals surface area contributed by atoms with Gasteiger partial charge in [0.05, 0.1) is 20.6 Å². The molecule has 0 aliphatic carbocycles. The number of sulfonamides is 1. The zero-order chi connectivity index (χ0) is 31.9. The number of carbonyl (C=O) groups excluding carboxylic acids is 2. The molecule has 0 saturated heterocycles. The molecule has 1 atom stereocenters. The van der Waals surface area contributed by atoms with E-state index in [0.717, 1.165) is 22.0 Å². The van der Waals surface area contributed by atoms with Crippen LogP contribution in [-0.4, -0.2) is 43.8 Å². The van der Waals surface area contributed by atoms with Gasteiger partial charge in [-0.25, -0.2) is 12.8 Å². The fraction of sp³-hybridized carbons (Fsp3) is 0.212. The Bertz CT molecular complexity index is 1690. The third-order valence-corrected chi connectivity index (χ3v) is 9.29. The highest BCUT2D eigenvalue weighted by atomic mass is 35.5. The van der Waals surface area contributed by atoms with E-state index in [-0.39, 0.29) is 34.6 Å². The summed E-state index contributed by atoms with van der Waals surface area (Å²) in [6.07, 6.45) is 0.161. The number of rotatable bonds is 12. The van der Waals surface area contributed by atoms with Crippen LogP contribution in [0.3, 0.4) is 0 Å². The monoisotopic (exact) mass is 655 g/mol. The SMILES string of the molecule is CC(C)NC(=O)[C@@H](Cc1ccccc1)N(Cc1ccc(Cl)c(Cl)c1)C(=O)CN(c1ccc(F)cc1)S(=O)(=O)c1ccccc1. The Labute approximate surface area is 267 Å². The van der Waals surface area contributed by atoms with Crippen molar-refractivity contribution in [2.45, 2.75) is 43.8 Å². The van der Waals surface area contributed by atoms with Gasteiger partial charge in [-0.3, -0.25) is 13.9 Å². The second-order valence-corrected chi connectivity index (χ2v) is 13.1. The Hall–Kier alpha value is -3.92. The minimum Gasteiger partial charge on any atom is -0.352 e. The van der Waals surface area contributed by atoms with Crippen molar-refractivity contribution in [1.82, 2.24) is 10.2 Å². The Morgan fingerprint density at radius 2 is 1.43 bits per heavy atom. The summed E-state index contributed by atoms with van der Waals surface area (Å²) in [6, 6.07) is 25.3. The highest BCUT2D eigenvalue weighted by Gasteiger charge is 2.35. The number of nitrogens with zero attached hydrogens (tertiary/aromatic N) is 2. The third kappa shape index (κ3) is 8.37. The van der Waals surface area contributed by atoms with Crippen LogP contribution in [-0.2, 0) is 32.6 Å². The number of halogens is 3. The standard InChI is InChI=1S/C33H32Cl2FN3O4S/c1-23(2)37-33(41)31(20-24-9-5-3-6-10-24)38(21-25-13-18-29(34)30(35)19-25)32(40)22-39(27-16-14-26(36)15-17-27)44(42,43)28-11-7-4-8-12-28/h3-19,23,31H,20-22H2,1-2H3,(H,37,41)/t31-/m1/s1. The lowest BCUT2D eigenvalue weighted by atomic mass is 10.0. The fourth-order valence-corrected chi connectivity index (χ4v) is 6.38. The molecule has 0 aromatic heterocycles. The van der Waals surface area contributed by atoms with Gasteiger partial charge in [0.25, 0.3) is 10.0 Å². The zero-order valence-electron chi connectivity index (χ0n) is 24.2. The third-order valence-electron chi connectivity index (χ3n) is 6.76. The summed E-state index contributed by atoms with van der Waals surface area (Å²) in [7, 11) is -4.28. The van der Waals surface area contributed by atoms with E-state index >= 15 is 0 Å². The number of hydrogen-bond acceptors (Lipinski definition) is 4. The molecule has 0 radical (unpaired) electrons. The van der Waals surface area contributed by atoms with E-state index in [2.05, 4.69) is 5.32 Å². The van der Waals surface area contributed by atoms with Crippen LogP contribution < -0.4 is 9.62 Å². The molecule has 4 aromatic carbocycles. The van der Waals surface area contributed by atoms with Crippen LogP contribution in [0.2, 0.25) is 10.0 Å². The number of nitrogens with one attached hydrogen (secondary N) is 1. The van der Waals surface area contributed by atoms with Gasteiger partial charge in [-0.15, -0.1) is 0 Å². The Balaban J connectivity index is 1.81. The molecule has 4 rings (SSSR count). The van der Waals surface area contributed by atoms with E-state index in [1.807, 2.05) is 44.2 Å². The second-order valence-electron chi connectivity index (χ2n) is 10.4. The molecule has 0 heterocycles. The van der Waals surface area contributed by atoms with Gasteiger partial charge in [-0.05, 0) is 73.5 Å². The van der Waals surface area contributed by atoms with Crippen LogP contribution in [0.5, 0.6) is 0 Å². The van der Waals surface area contributed by atoms with E-state index < -0.39 is 40.2 Å². The molecule has 0 spiro atoms. The summed E-state index contributed by atoms with van der Waals surface area (Å²) in [5, 5.41) is 3.49. The van der Waals surface area contributed by atoms with Crippen molar-refractivity contribution >= 4 is 50.7 Å². The lowest BCUT2D eigenvalue weighted by Gasteiger charge is -2.34. The maximum absolute atomic E-state index is 14.4. The summed E-state index contributed by atoms with van der Waals surface area (Å²) in [4.78, 5) is 29.4. The minimum atomic E-state index is -4.28. The van der Waals surface area contributed by atoms with Crippen molar-refractivity contribution in [2.24, 2.45) is 0 Å². The molecule has 0 unspecified atom stereocenters. The molecule has 2 amide bonds. The summed E-state index contributed by atoms with van der Waals surface area (Å²) < 4.78 is 42.6. The summed E-state index contributed by atoms with van der Waals surface area (Å²) in [5.74, 6) is -1.62. The highest BCUT2D eigenvalue weighted by molar-refractivity contribution is 7.92.